The predicted molar refractivity (Wildman–Crippen MR) is 71.7 cm³/mol. The molecule has 118 valence electrons. The fraction of sp³-hybridized carbons (Fsp3) is 0.538. The average Bonchev–Trinajstić information content (AvgIpc) is 2.68. The lowest BCUT2D eigenvalue weighted by molar-refractivity contribution is -0.0436. The van der Waals surface area contributed by atoms with Crippen LogP contribution in [0.4, 0.5) is 18.9 Å². The zero-order valence-corrected chi connectivity index (χ0v) is 12.4. The Hall–Kier alpha value is -1.28. The highest BCUT2D eigenvalue weighted by Gasteiger charge is 2.46. The number of ether oxygens (including phenoxy) is 1. The summed E-state index contributed by atoms with van der Waals surface area (Å²) in [6, 6.07) is 4.56. The van der Waals surface area contributed by atoms with Gasteiger partial charge in [-0.3, -0.25) is 0 Å². The summed E-state index contributed by atoms with van der Waals surface area (Å²) >= 11 is 0. The third-order valence-electron chi connectivity index (χ3n) is 3.79. The molecule has 0 radical (unpaired) electrons. The summed E-state index contributed by atoms with van der Waals surface area (Å²) in [5, 5.41) is 3.18. The highest BCUT2D eigenvalue weighted by atomic mass is 32.2. The lowest BCUT2D eigenvalue weighted by atomic mass is 9.94. The van der Waals surface area contributed by atoms with Gasteiger partial charge in [0.15, 0.2) is 0 Å². The molecule has 0 saturated carbocycles. The maximum absolute atomic E-state index is 12.4. The molecule has 2 atom stereocenters. The first-order chi connectivity index (χ1) is 9.56. The molecule has 2 unspecified atom stereocenters. The van der Waals surface area contributed by atoms with E-state index in [1.54, 1.807) is 0 Å². The Labute approximate surface area is 121 Å². The van der Waals surface area contributed by atoms with E-state index in [1.807, 2.05) is 13.8 Å². The Kier molecular flexibility index (Phi) is 3.96. The number of benzene rings is 1. The minimum atomic E-state index is -5.30. The van der Waals surface area contributed by atoms with Crippen molar-refractivity contribution < 1.29 is 26.3 Å². The van der Waals surface area contributed by atoms with Crippen molar-refractivity contribution in [3.63, 3.8) is 0 Å². The summed E-state index contributed by atoms with van der Waals surface area (Å²) in [4.78, 5) is -0.763. The Morgan fingerprint density at radius 3 is 2.29 bits per heavy atom. The largest absolute Gasteiger partial charge is 0.501 e. The number of hydrogen-bond donors (Lipinski definition) is 1. The van der Waals surface area contributed by atoms with Gasteiger partial charge in [-0.15, -0.1) is 0 Å². The number of halogens is 3. The lowest BCUT2D eigenvalue weighted by Gasteiger charge is -2.30. The van der Waals surface area contributed by atoms with Crippen molar-refractivity contribution in [1.29, 1.82) is 0 Å². The molecule has 0 aliphatic carbocycles. The van der Waals surface area contributed by atoms with Gasteiger partial charge in [0, 0.05) is 12.3 Å². The number of anilines is 1. The lowest BCUT2D eigenvalue weighted by Crippen LogP contribution is -2.41. The van der Waals surface area contributed by atoms with E-state index < -0.39 is 20.2 Å². The van der Waals surface area contributed by atoms with Gasteiger partial charge in [-0.1, -0.05) is 0 Å². The molecule has 1 aromatic carbocycles. The molecule has 1 aliphatic rings. The zero-order valence-electron chi connectivity index (χ0n) is 11.6. The van der Waals surface area contributed by atoms with Gasteiger partial charge in [-0.05, 0) is 44.5 Å². The van der Waals surface area contributed by atoms with Gasteiger partial charge in [-0.2, -0.15) is 13.2 Å². The van der Waals surface area contributed by atoms with E-state index in [9.17, 15) is 21.6 Å². The van der Waals surface area contributed by atoms with Gasteiger partial charge >= 0.3 is 5.51 Å². The second-order valence-corrected chi connectivity index (χ2v) is 7.22. The number of rotatable bonds is 3. The van der Waals surface area contributed by atoms with Crippen molar-refractivity contribution >= 4 is 15.5 Å². The van der Waals surface area contributed by atoms with Crippen molar-refractivity contribution in [2.75, 3.05) is 11.9 Å². The van der Waals surface area contributed by atoms with Crippen LogP contribution in [0.25, 0.3) is 0 Å². The number of sulfone groups is 1. The van der Waals surface area contributed by atoms with Crippen molar-refractivity contribution in [2.24, 2.45) is 0 Å². The van der Waals surface area contributed by atoms with Crippen molar-refractivity contribution in [1.82, 2.24) is 0 Å². The normalized spacial score (nSPS) is 26.8. The first-order valence-electron chi connectivity index (χ1n) is 6.37. The molecular formula is C13H16F3NO3S. The van der Waals surface area contributed by atoms with E-state index in [4.69, 9.17) is 4.74 Å². The molecule has 1 fully saturated rings. The molecule has 21 heavy (non-hydrogen) atoms. The number of hydrogen-bond acceptors (Lipinski definition) is 4. The topological polar surface area (TPSA) is 55.4 Å². The second-order valence-electron chi connectivity index (χ2n) is 5.28. The predicted octanol–water partition coefficient (Wildman–Crippen LogP) is 2.96. The third-order valence-corrected chi connectivity index (χ3v) is 5.29. The van der Waals surface area contributed by atoms with Crippen LogP contribution >= 0.6 is 0 Å². The van der Waals surface area contributed by atoms with Gasteiger partial charge < -0.3 is 10.1 Å². The highest BCUT2D eigenvalue weighted by Crippen LogP contribution is 2.32. The molecule has 1 aromatic rings. The van der Waals surface area contributed by atoms with Gasteiger partial charge in [0.25, 0.3) is 9.84 Å². The monoisotopic (exact) mass is 323 g/mol. The molecule has 2 rings (SSSR count). The molecule has 0 bridgehead atoms. The minimum Gasteiger partial charge on any atom is -0.377 e. The standard InChI is InChI=1S/C13H16F3NO3S/c1-9-12(2,7-8-20-9)17-10-3-5-11(6-4-10)21(18,19)13(14,15)16/h3-6,9,17H,7-8H2,1-2H3. The van der Waals surface area contributed by atoms with Crippen molar-refractivity contribution in [3.8, 4) is 0 Å². The molecule has 1 heterocycles. The zero-order chi connectivity index (χ0) is 15.9. The quantitative estimate of drug-likeness (QED) is 0.929. The van der Waals surface area contributed by atoms with E-state index in [0.717, 1.165) is 18.6 Å². The van der Waals surface area contributed by atoms with Crippen LogP contribution in [-0.4, -0.2) is 32.2 Å². The van der Waals surface area contributed by atoms with Crippen LogP contribution in [0.15, 0.2) is 29.2 Å². The first kappa shape index (κ1) is 16.1. The van der Waals surface area contributed by atoms with Gasteiger partial charge in [0.1, 0.15) is 0 Å². The Bertz CT molecular complexity index is 613. The summed E-state index contributed by atoms with van der Waals surface area (Å²) in [5.41, 5.74) is -5.07. The Morgan fingerprint density at radius 1 is 1.29 bits per heavy atom. The fourth-order valence-electron chi connectivity index (χ4n) is 2.18. The smallest absolute Gasteiger partial charge is 0.377 e. The second kappa shape index (κ2) is 5.17. The molecule has 1 saturated heterocycles. The Balaban J connectivity index is 2.21. The first-order valence-corrected chi connectivity index (χ1v) is 7.86. The van der Waals surface area contributed by atoms with Crippen LogP contribution < -0.4 is 5.32 Å². The maximum atomic E-state index is 12.4. The van der Waals surface area contributed by atoms with Crippen molar-refractivity contribution in [3.05, 3.63) is 24.3 Å². The Morgan fingerprint density at radius 2 is 1.86 bits per heavy atom. The molecule has 8 heteroatoms. The van der Waals surface area contributed by atoms with Crippen LogP contribution in [0.3, 0.4) is 0 Å². The molecular weight excluding hydrogens is 307 g/mol. The highest BCUT2D eigenvalue weighted by molar-refractivity contribution is 7.92. The molecule has 4 nitrogen and oxygen atoms in total. The molecule has 0 aromatic heterocycles. The van der Waals surface area contributed by atoms with Crippen LogP contribution in [-0.2, 0) is 14.6 Å². The third kappa shape index (κ3) is 3.01. The number of alkyl halides is 3. The molecule has 1 N–H and O–H groups in total. The van der Waals surface area contributed by atoms with Gasteiger partial charge in [-0.25, -0.2) is 8.42 Å². The summed E-state index contributed by atoms with van der Waals surface area (Å²) in [6.45, 7) is 4.46. The minimum absolute atomic E-state index is 0.0453. The summed E-state index contributed by atoms with van der Waals surface area (Å²) < 4.78 is 65.3. The average molecular weight is 323 g/mol. The summed E-state index contributed by atoms with van der Waals surface area (Å²) in [7, 11) is -5.30. The maximum Gasteiger partial charge on any atom is 0.501 e. The van der Waals surface area contributed by atoms with Crippen molar-refractivity contribution in [2.45, 2.75) is 42.3 Å². The summed E-state index contributed by atoms with van der Waals surface area (Å²) in [5.74, 6) is 0. The van der Waals surface area contributed by atoms with Crippen LogP contribution in [0.5, 0.6) is 0 Å². The van der Waals surface area contributed by atoms with Crippen LogP contribution in [0.1, 0.15) is 20.3 Å². The van der Waals surface area contributed by atoms with E-state index in [1.165, 1.54) is 12.1 Å². The number of nitrogens with one attached hydrogen (secondary N) is 1. The van der Waals surface area contributed by atoms with Gasteiger partial charge in [0.05, 0.1) is 16.5 Å². The SMILES string of the molecule is CC1OCCC1(C)Nc1ccc(S(=O)(=O)C(F)(F)F)cc1. The summed E-state index contributed by atoms with van der Waals surface area (Å²) in [6.07, 6.45) is 0.715. The fourth-order valence-corrected chi connectivity index (χ4v) is 2.94. The van der Waals surface area contributed by atoms with Gasteiger partial charge in [0.2, 0.25) is 0 Å². The van der Waals surface area contributed by atoms with E-state index in [0.29, 0.717) is 12.3 Å². The van der Waals surface area contributed by atoms with E-state index in [2.05, 4.69) is 5.32 Å². The van der Waals surface area contributed by atoms with E-state index in [-0.39, 0.29) is 11.6 Å². The van der Waals surface area contributed by atoms with Crippen LogP contribution in [0.2, 0.25) is 0 Å². The van der Waals surface area contributed by atoms with Crippen LogP contribution in [0, 0.1) is 0 Å². The molecule has 0 spiro atoms. The molecule has 0 amide bonds. The van der Waals surface area contributed by atoms with E-state index >= 15 is 0 Å². The molecule has 1 aliphatic heterocycles.